The lowest BCUT2D eigenvalue weighted by Gasteiger charge is -2.24. The van der Waals surface area contributed by atoms with E-state index in [2.05, 4.69) is 11.2 Å². The minimum Gasteiger partial charge on any atom is -0.488 e. The Morgan fingerprint density at radius 3 is 3.05 bits per heavy atom. The van der Waals surface area contributed by atoms with Crippen molar-refractivity contribution in [3.63, 3.8) is 0 Å². The monoisotopic (exact) mass is 288 g/mol. The van der Waals surface area contributed by atoms with Crippen molar-refractivity contribution in [3.05, 3.63) is 29.3 Å². The van der Waals surface area contributed by atoms with Crippen molar-refractivity contribution < 1.29 is 19.4 Å². The number of rotatable bonds is 3. The van der Waals surface area contributed by atoms with Gasteiger partial charge in [0.1, 0.15) is 17.6 Å². The molecule has 0 saturated heterocycles. The fourth-order valence-corrected chi connectivity index (χ4v) is 2.64. The third-order valence-electron chi connectivity index (χ3n) is 3.69. The summed E-state index contributed by atoms with van der Waals surface area (Å²) in [5.74, 6) is -0.396. The Morgan fingerprint density at radius 2 is 2.29 bits per heavy atom. The van der Waals surface area contributed by atoms with Crippen LogP contribution in [0.4, 0.5) is 0 Å². The van der Waals surface area contributed by atoms with Crippen molar-refractivity contribution in [3.8, 4) is 5.75 Å². The fraction of sp³-hybridized carbons (Fsp3) is 0.400. The average Bonchev–Trinajstić information content (AvgIpc) is 2.82. The number of hydrogen-bond acceptors (Lipinski definition) is 4. The van der Waals surface area contributed by atoms with Crippen molar-refractivity contribution in [2.75, 3.05) is 6.54 Å². The van der Waals surface area contributed by atoms with E-state index in [1.807, 2.05) is 19.1 Å². The highest BCUT2D eigenvalue weighted by Gasteiger charge is 2.30. The number of aliphatic carboxylic acids is 1. The van der Waals surface area contributed by atoms with Gasteiger partial charge in [0.15, 0.2) is 0 Å². The molecule has 2 aliphatic heterocycles. The summed E-state index contributed by atoms with van der Waals surface area (Å²) in [4.78, 5) is 22.8. The number of carboxylic acid groups (broad SMARTS) is 1. The summed E-state index contributed by atoms with van der Waals surface area (Å²) in [5, 5.41) is 14.1. The maximum atomic E-state index is 11.8. The van der Waals surface area contributed by atoms with Crippen LogP contribution >= 0.6 is 0 Å². The Kier molecular flexibility index (Phi) is 3.37. The van der Waals surface area contributed by atoms with Gasteiger partial charge in [-0.1, -0.05) is 17.7 Å². The maximum absolute atomic E-state index is 11.8. The Bertz CT molecular complexity index is 639. The van der Waals surface area contributed by atoms with E-state index in [-0.39, 0.29) is 37.1 Å². The number of ether oxygens (including phenoxy) is 1. The molecule has 0 saturated carbocycles. The molecule has 0 fully saturated rings. The molecule has 1 aromatic carbocycles. The summed E-state index contributed by atoms with van der Waals surface area (Å²) in [7, 11) is 0. The molecule has 3 rings (SSSR count). The summed E-state index contributed by atoms with van der Waals surface area (Å²) < 4.78 is 5.80. The maximum Gasteiger partial charge on any atom is 0.352 e. The van der Waals surface area contributed by atoms with Crippen molar-refractivity contribution in [2.24, 2.45) is 5.10 Å². The molecule has 0 spiro atoms. The van der Waals surface area contributed by atoms with Crippen LogP contribution in [0.25, 0.3) is 0 Å². The van der Waals surface area contributed by atoms with Gasteiger partial charge in [-0.2, -0.15) is 5.10 Å². The van der Waals surface area contributed by atoms with Crippen LogP contribution in [0, 0.1) is 6.92 Å². The molecule has 6 heteroatoms. The number of carbonyl (C=O) groups is 2. The number of carbonyl (C=O) groups excluding carboxylic acids is 1. The van der Waals surface area contributed by atoms with Crippen LogP contribution in [-0.4, -0.2) is 40.4 Å². The zero-order valence-electron chi connectivity index (χ0n) is 11.7. The van der Waals surface area contributed by atoms with Crippen molar-refractivity contribution in [1.29, 1.82) is 0 Å². The Morgan fingerprint density at radius 1 is 1.48 bits per heavy atom. The van der Waals surface area contributed by atoms with Gasteiger partial charge < -0.3 is 9.84 Å². The van der Waals surface area contributed by atoms with Gasteiger partial charge in [0.2, 0.25) is 5.91 Å². The van der Waals surface area contributed by atoms with E-state index in [4.69, 9.17) is 9.84 Å². The first-order chi connectivity index (χ1) is 10.0. The summed E-state index contributed by atoms with van der Waals surface area (Å²) in [6.45, 7) is 2.30. The van der Waals surface area contributed by atoms with Crippen LogP contribution in [0.2, 0.25) is 0 Å². The average molecular weight is 288 g/mol. The normalized spacial score (nSPS) is 20.8. The molecule has 0 radical (unpaired) electrons. The molecule has 1 unspecified atom stereocenters. The lowest BCUT2D eigenvalue weighted by atomic mass is 10.1. The molecule has 0 bridgehead atoms. The number of aryl methyl sites for hydroxylation is 1. The van der Waals surface area contributed by atoms with E-state index in [9.17, 15) is 9.59 Å². The second kappa shape index (κ2) is 5.20. The molecule has 1 atom stereocenters. The van der Waals surface area contributed by atoms with Crippen molar-refractivity contribution in [1.82, 2.24) is 5.01 Å². The molecule has 0 aromatic heterocycles. The van der Waals surface area contributed by atoms with E-state index in [1.54, 1.807) is 0 Å². The number of carboxylic acids is 1. The second-order valence-corrected chi connectivity index (χ2v) is 5.38. The Labute approximate surface area is 122 Å². The first kappa shape index (κ1) is 13.6. The predicted molar refractivity (Wildman–Crippen MR) is 75.3 cm³/mol. The molecule has 2 heterocycles. The molecule has 2 aliphatic rings. The number of fused-ring (bicyclic) bond motifs is 1. The summed E-state index contributed by atoms with van der Waals surface area (Å²) in [6, 6.07) is 5.97. The van der Waals surface area contributed by atoms with E-state index < -0.39 is 5.97 Å². The summed E-state index contributed by atoms with van der Waals surface area (Å²) >= 11 is 0. The first-order valence-corrected chi connectivity index (χ1v) is 6.90. The fourth-order valence-electron chi connectivity index (χ4n) is 2.64. The standard InChI is InChI=1S/C15H16N2O4/c1-9-2-4-13-10(6-9)7-11(21-13)8-17-14(18)5-3-12(16-17)15(19)20/h2,4,6,11H,3,5,7-8H2,1H3,(H,19,20). The van der Waals surface area contributed by atoms with E-state index in [1.165, 1.54) is 10.6 Å². The van der Waals surface area contributed by atoms with Gasteiger partial charge in [-0.15, -0.1) is 0 Å². The lowest BCUT2D eigenvalue weighted by Crippen LogP contribution is -2.40. The van der Waals surface area contributed by atoms with Crippen LogP contribution in [0.5, 0.6) is 5.75 Å². The minimum absolute atomic E-state index is 0.0287. The molecule has 0 aliphatic carbocycles. The summed E-state index contributed by atoms with van der Waals surface area (Å²) in [5.41, 5.74) is 2.31. The van der Waals surface area contributed by atoms with Gasteiger partial charge in [0.25, 0.3) is 0 Å². The quantitative estimate of drug-likeness (QED) is 0.910. The highest BCUT2D eigenvalue weighted by Crippen LogP contribution is 2.30. The van der Waals surface area contributed by atoms with Gasteiger partial charge in [-0.25, -0.2) is 9.80 Å². The number of hydrogen-bond donors (Lipinski definition) is 1. The van der Waals surface area contributed by atoms with Crippen LogP contribution in [0.3, 0.4) is 0 Å². The largest absolute Gasteiger partial charge is 0.488 e. The molecule has 1 amide bonds. The smallest absolute Gasteiger partial charge is 0.352 e. The zero-order valence-corrected chi connectivity index (χ0v) is 11.7. The van der Waals surface area contributed by atoms with Gasteiger partial charge in [-0.05, 0) is 18.6 Å². The van der Waals surface area contributed by atoms with Gasteiger partial charge >= 0.3 is 5.97 Å². The van der Waals surface area contributed by atoms with Crippen molar-refractivity contribution in [2.45, 2.75) is 32.3 Å². The van der Waals surface area contributed by atoms with Crippen LogP contribution in [0.15, 0.2) is 23.3 Å². The minimum atomic E-state index is -1.07. The molecule has 1 N–H and O–H groups in total. The van der Waals surface area contributed by atoms with Crippen molar-refractivity contribution >= 4 is 17.6 Å². The Balaban J connectivity index is 1.72. The molecule has 21 heavy (non-hydrogen) atoms. The number of hydrazone groups is 1. The molecule has 1 aromatic rings. The third kappa shape index (κ3) is 2.74. The second-order valence-electron chi connectivity index (χ2n) is 5.38. The number of nitrogens with zero attached hydrogens (tertiary/aromatic N) is 2. The predicted octanol–water partition coefficient (Wildman–Crippen LogP) is 1.36. The first-order valence-electron chi connectivity index (χ1n) is 6.90. The molecule has 6 nitrogen and oxygen atoms in total. The molecular formula is C15H16N2O4. The van der Waals surface area contributed by atoms with E-state index >= 15 is 0 Å². The third-order valence-corrected chi connectivity index (χ3v) is 3.69. The highest BCUT2D eigenvalue weighted by molar-refractivity contribution is 6.36. The van der Waals surface area contributed by atoms with Gasteiger partial charge in [-0.3, -0.25) is 4.79 Å². The highest BCUT2D eigenvalue weighted by atomic mass is 16.5. The van der Waals surface area contributed by atoms with Crippen LogP contribution in [-0.2, 0) is 16.0 Å². The number of benzene rings is 1. The van der Waals surface area contributed by atoms with Gasteiger partial charge in [0, 0.05) is 19.3 Å². The van der Waals surface area contributed by atoms with Crippen LogP contribution in [0.1, 0.15) is 24.0 Å². The summed E-state index contributed by atoms with van der Waals surface area (Å²) in [6.07, 6.45) is 0.903. The zero-order chi connectivity index (χ0) is 15.0. The number of amides is 1. The molecule has 110 valence electrons. The lowest BCUT2D eigenvalue weighted by molar-refractivity contribution is -0.133. The SMILES string of the molecule is Cc1ccc2c(c1)CC(CN1N=C(C(=O)O)CCC1=O)O2. The van der Waals surface area contributed by atoms with E-state index in [0.717, 1.165) is 11.3 Å². The Hall–Kier alpha value is -2.37. The molecular weight excluding hydrogens is 272 g/mol. The van der Waals surface area contributed by atoms with Gasteiger partial charge in [0.05, 0.1) is 6.54 Å². The van der Waals surface area contributed by atoms with E-state index in [0.29, 0.717) is 6.42 Å². The van der Waals surface area contributed by atoms with Crippen LogP contribution < -0.4 is 4.74 Å². The topological polar surface area (TPSA) is 79.2 Å².